The minimum Gasteiger partial charge on any atom is -0.348 e. The molecule has 0 atom stereocenters. The van der Waals surface area contributed by atoms with Crippen LogP contribution in [-0.4, -0.2) is 16.8 Å². The molecule has 0 saturated heterocycles. The number of aryl methyl sites for hydroxylation is 2. The molecule has 3 aromatic rings. The summed E-state index contributed by atoms with van der Waals surface area (Å²) in [5, 5.41) is 5.72. The molecule has 5 nitrogen and oxygen atoms in total. The van der Waals surface area contributed by atoms with Crippen LogP contribution in [-0.2, 0) is 17.8 Å². The number of aromatic nitrogens is 1. The van der Waals surface area contributed by atoms with Gasteiger partial charge in [0, 0.05) is 18.9 Å². The van der Waals surface area contributed by atoms with Gasteiger partial charge in [0.15, 0.2) is 0 Å². The minimum atomic E-state index is -0.245. The van der Waals surface area contributed by atoms with Gasteiger partial charge in [0.1, 0.15) is 0 Å². The van der Waals surface area contributed by atoms with Gasteiger partial charge in [0.2, 0.25) is 5.91 Å². The summed E-state index contributed by atoms with van der Waals surface area (Å²) in [4.78, 5) is 29.1. The Bertz CT molecular complexity index is 984. The van der Waals surface area contributed by atoms with Crippen LogP contribution in [0.2, 0.25) is 0 Å². The summed E-state index contributed by atoms with van der Waals surface area (Å²) in [6.45, 7) is 4.44. The molecule has 2 N–H and O–H groups in total. The molecule has 0 unspecified atom stereocenters. The highest BCUT2D eigenvalue weighted by atomic mass is 16.2. The molecule has 3 rings (SSSR count). The van der Waals surface area contributed by atoms with E-state index in [1.165, 1.54) is 5.56 Å². The fourth-order valence-corrected chi connectivity index (χ4v) is 2.86. The van der Waals surface area contributed by atoms with Crippen LogP contribution in [0.4, 0.5) is 5.69 Å². The molecule has 1 heterocycles. The number of amides is 2. The summed E-state index contributed by atoms with van der Waals surface area (Å²) in [7, 11) is 0. The number of carbonyl (C=O) groups excluding carboxylic acids is 2. The first-order valence-corrected chi connectivity index (χ1v) is 9.15. The first-order valence-electron chi connectivity index (χ1n) is 9.15. The Labute approximate surface area is 164 Å². The fourth-order valence-electron chi connectivity index (χ4n) is 2.86. The van der Waals surface area contributed by atoms with Crippen LogP contribution in [0.15, 0.2) is 67.0 Å². The number of carbonyl (C=O) groups is 2. The molecule has 0 aliphatic rings. The lowest BCUT2D eigenvalue weighted by Gasteiger charge is -2.12. The standard InChI is InChI=1S/C23H23N3O2/c1-16-9-10-18(12-17(16)2)13-22(27)26-21-8-4-3-7-20(21)23(28)25-15-19-6-5-11-24-14-19/h3-12,14H,13,15H2,1-2H3,(H,25,28)(H,26,27). The van der Waals surface area contributed by atoms with Crippen molar-refractivity contribution in [1.29, 1.82) is 0 Å². The summed E-state index contributed by atoms with van der Waals surface area (Å²) < 4.78 is 0. The highest BCUT2D eigenvalue weighted by Gasteiger charge is 2.13. The van der Waals surface area contributed by atoms with Crippen LogP contribution < -0.4 is 10.6 Å². The van der Waals surface area contributed by atoms with Crippen molar-refractivity contribution in [3.63, 3.8) is 0 Å². The molecular formula is C23H23N3O2. The van der Waals surface area contributed by atoms with Gasteiger partial charge in [-0.1, -0.05) is 36.4 Å². The van der Waals surface area contributed by atoms with E-state index in [0.717, 1.165) is 16.7 Å². The lowest BCUT2D eigenvalue weighted by atomic mass is 10.0. The normalized spacial score (nSPS) is 10.4. The van der Waals surface area contributed by atoms with Gasteiger partial charge in [-0.05, 0) is 54.3 Å². The van der Waals surface area contributed by atoms with Gasteiger partial charge in [-0.2, -0.15) is 0 Å². The number of pyridine rings is 1. The molecule has 0 bridgehead atoms. The number of hydrogen-bond acceptors (Lipinski definition) is 3. The van der Waals surface area contributed by atoms with E-state index in [4.69, 9.17) is 0 Å². The van der Waals surface area contributed by atoms with Crippen LogP contribution in [0, 0.1) is 13.8 Å². The minimum absolute atomic E-state index is 0.157. The maximum absolute atomic E-state index is 12.6. The molecular weight excluding hydrogens is 350 g/mol. The second-order valence-electron chi connectivity index (χ2n) is 6.73. The average molecular weight is 373 g/mol. The molecule has 28 heavy (non-hydrogen) atoms. The van der Waals surface area contributed by atoms with E-state index in [1.807, 2.05) is 44.2 Å². The molecule has 2 aromatic carbocycles. The highest BCUT2D eigenvalue weighted by molar-refractivity contribution is 6.04. The molecule has 0 fully saturated rings. The molecule has 1 aromatic heterocycles. The van der Waals surface area contributed by atoms with Gasteiger partial charge in [0.25, 0.3) is 5.91 Å². The summed E-state index contributed by atoms with van der Waals surface area (Å²) in [6, 6.07) is 16.7. The van der Waals surface area contributed by atoms with E-state index in [0.29, 0.717) is 17.8 Å². The van der Waals surface area contributed by atoms with Gasteiger partial charge in [-0.3, -0.25) is 14.6 Å². The number of anilines is 1. The number of benzene rings is 2. The first-order chi connectivity index (χ1) is 13.5. The van der Waals surface area contributed by atoms with Crippen molar-refractivity contribution in [2.45, 2.75) is 26.8 Å². The van der Waals surface area contributed by atoms with Gasteiger partial charge in [0.05, 0.1) is 17.7 Å². The van der Waals surface area contributed by atoms with E-state index in [1.54, 1.807) is 36.7 Å². The van der Waals surface area contributed by atoms with Gasteiger partial charge in [-0.25, -0.2) is 0 Å². The number of rotatable bonds is 6. The van der Waals surface area contributed by atoms with Crippen LogP contribution >= 0.6 is 0 Å². The number of para-hydroxylation sites is 1. The van der Waals surface area contributed by atoms with Crippen molar-refractivity contribution in [1.82, 2.24) is 10.3 Å². The Hall–Kier alpha value is -3.47. The molecule has 142 valence electrons. The van der Waals surface area contributed by atoms with Crippen molar-refractivity contribution in [3.8, 4) is 0 Å². The highest BCUT2D eigenvalue weighted by Crippen LogP contribution is 2.16. The van der Waals surface area contributed by atoms with E-state index >= 15 is 0 Å². The monoisotopic (exact) mass is 373 g/mol. The summed E-state index contributed by atoms with van der Waals surface area (Å²) in [6.07, 6.45) is 3.65. The summed E-state index contributed by atoms with van der Waals surface area (Å²) in [5.74, 6) is -0.401. The van der Waals surface area contributed by atoms with Gasteiger partial charge in [-0.15, -0.1) is 0 Å². The van der Waals surface area contributed by atoms with Crippen LogP contribution in [0.3, 0.4) is 0 Å². The topological polar surface area (TPSA) is 71.1 Å². The molecule has 0 aliphatic heterocycles. The number of hydrogen-bond donors (Lipinski definition) is 2. The molecule has 5 heteroatoms. The van der Waals surface area contributed by atoms with E-state index < -0.39 is 0 Å². The summed E-state index contributed by atoms with van der Waals surface area (Å²) in [5.41, 5.74) is 5.13. The second-order valence-corrected chi connectivity index (χ2v) is 6.73. The van der Waals surface area contributed by atoms with E-state index in [2.05, 4.69) is 15.6 Å². The Morgan fingerprint density at radius 1 is 0.929 bits per heavy atom. The lowest BCUT2D eigenvalue weighted by Crippen LogP contribution is -2.25. The van der Waals surface area contributed by atoms with Crippen molar-refractivity contribution in [3.05, 3.63) is 94.8 Å². The Kier molecular flexibility index (Phi) is 6.17. The van der Waals surface area contributed by atoms with Gasteiger partial charge < -0.3 is 10.6 Å². The smallest absolute Gasteiger partial charge is 0.253 e. The summed E-state index contributed by atoms with van der Waals surface area (Å²) >= 11 is 0. The molecule has 0 saturated carbocycles. The maximum Gasteiger partial charge on any atom is 0.253 e. The zero-order valence-corrected chi connectivity index (χ0v) is 16.0. The first kappa shape index (κ1) is 19.3. The predicted octanol–water partition coefficient (Wildman–Crippen LogP) is 3.81. The van der Waals surface area contributed by atoms with Crippen molar-refractivity contribution in [2.75, 3.05) is 5.32 Å². The quantitative estimate of drug-likeness (QED) is 0.690. The van der Waals surface area contributed by atoms with Crippen molar-refractivity contribution >= 4 is 17.5 Å². The van der Waals surface area contributed by atoms with Crippen molar-refractivity contribution in [2.24, 2.45) is 0 Å². The molecule has 0 aliphatic carbocycles. The lowest BCUT2D eigenvalue weighted by molar-refractivity contribution is -0.115. The SMILES string of the molecule is Cc1ccc(CC(=O)Nc2ccccc2C(=O)NCc2cccnc2)cc1C. The van der Waals surface area contributed by atoms with Crippen molar-refractivity contribution < 1.29 is 9.59 Å². The maximum atomic E-state index is 12.6. The van der Waals surface area contributed by atoms with E-state index in [9.17, 15) is 9.59 Å². The third-order valence-corrected chi connectivity index (χ3v) is 4.56. The Morgan fingerprint density at radius 2 is 1.75 bits per heavy atom. The largest absolute Gasteiger partial charge is 0.348 e. The average Bonchev–Trinajstić information content (AvgIpc) is 2.70. The fraction of sp³-hybridized carbons (Fsp3) is 0.174. The zero-order chi connectivity index (χ0) is 19.9. The second kappa shape index (κ2) is 8.95. The van der Waals surface area contributed by atoms with Crippen LogP contribution in [0.25, 0.3) is 0 Å². The van der Waals surface area contributed by atoms with Gasteiger partial charge >= 0.3 is 0 Å². The Balaban J connectivity index is 1.66. The third kappa shape index (κ3) is 5.04. The zero-order valence-electron chi connectivity index (χ0n) is 16.0. The predicted molar refractivity (Wildman–Crippen MR) is 110 cm³/mol. The molecule has 0 radical (unpaired) electrons. The van der Waals surface area contributed by atoms with Crippen LogP contribution in [0.1, 0.15) is 32.6 Å². The van der Waals surface area contributed by atoms with E-state index in [-0.39, 0.29) is 18.2 Å². The third-order valence-electron chi connectivity index (χ3n) is 4.56. The van der Waals surface area contributed by atoms with Crippen LogP contribution in [0.5, 0.6) is 0 Å². The number of nitrogens with one attached hydrogen (secondary N) is 2. The number of nitrogens with zero attached hydrogens (tertiary/aromatic N) is 1. The molecule has 0 spiro atoms. The molecule has 2 amide bonds. The Morgan fingerprint density at radius 3 is 2.50 bits per heavy atom.